The average molecular weight is 495 g/mol. The Hall–Kier alpha value is -0.130. The summed E-state index contributed by atoms with van der Waals surface area (Å²) in [5, 5.41) is 6.57. The molecule has 7 nitrogen and oxygen atoms in total. The molecule has 4 N–H and O–H groups in total. The van der Waals surface area contributed by atoms with Crippen LogP contribution in [-0.4, -0.2) is 89.5 Å². The SMILES string of the molecule is CC[C@H](C)[C@@H](CN1CSC(C)(C)[C@H]1C(=O)N[C@@H](CCSC)C(=O)OC)NC[C@@H](N)CS. The van der Waals surface area contributed by atoms with E-state index in [-0.39, 0.29) is 28.8 Å². The zero-order chi connectivity index (χ0) is 23.6. The molecular weight excluding hydrogens is 452 g/mol. The van der Waals surface area contributed by atoms with Crippen molar-refractivity contribution in [2.75, 3.05) is 43.8 Å². The number of thiol groups is 1. The van der Waals surface area contributed by atoms with Gasteiger partial charge in [0.15, 0.2) is 0 Å². The fraction of sp³-hybridized carbons (Fsp3) is 0.905. The van der Waals surface area contributed by atoms with Gasteiger partial charge in [-0.1, -0.05) is 20.3 Å². The number of nitrogens with two attached hydrogens (primary N) is 1. The Bertz CT molecular complexity index is 568. The van der Waals surface area contributed by atoms with E-state index in [1.807, 2.05) is 6.26 Å². The molecule has 5 atom stereocenters. The van der Waals surface area contributed by atoms with E-state index in [1.54, 1.807) is 23.5 Å². The van der Waals surface area contributed by atoms with Crippen molar-refractivity contribution in [3.63, 3.8) is 0 Å². The van der Waals surface area contributed by atoms with Crippen LogP contribution >= 0.6 is 36.2 Å². The maximum atomic E-state index is 13.4. The highest BCUT2D eigenvalue weighted by molar-refractivity contribution is 8.00. The molecule has 0 unspecified atom stereocenters. The summed E-state index contributed by atoms with van der Waals surface area (Å²) in [7, 11) is 1.36. The lowest BCUT2D eigenvalue weighted by atomic mass is 9.95. The van der Waals surface area contributed by atoms with Crippen LogP contribution in [0.25, 0.3) is 0 Å². The van der Waals surface area contributed by atoms with Gasteiger partial charge in [0.1, 0.15) is 12.1 Å². The minimum atomic E-state index is -0.620. The summed E-state index contributed by atoms with van der Waals surface area (Å²) in [4.78, 5) is 27.8. The van der Waals surface area contributed by atoms with Crippen LogP contribution < -0.4 is 16.4 Å². The maximum absolute atomic E-state index is 13.4. The molecule has 1 rings (SSSR count). The Balaban J connectivity index is 2.95. The van der Waals surface area contributed by atoms with Gasteiger partial charge in [-0.15, -0.1) is 11.8 Å². The minimum Gasteiger partial charge on any atom is -0.467 e. The molecule has 0 radical (unpaired) electrons. The average Bonchev–Trinajstić information content (AvgIpc) is 3.05. The summed E-state index contributed by atoms with van der Waals surface area (Å²) in [5.41, 5.74) is 6.06. The van der Waals surface area contributed by atoms with Crippen molar-refractivity contribution in [1.29, 1.82) is 0 Å². The standard InChI is InChI=1S/C21H42N4O3S3/c1-7-14(2)17(23-10-15(22)12-29)11-25-13-31-21(3,4)18(25)19(26)24-16(8-9-30-6)20(27)28-5/h14-18,23,29H,7-13,22H2,1-6H3,(H,24,26)/t14-,15+,16-,17+,18+/m0/s1. The zero-order valence-corrected chi connectivity index (χ0v) is 22.4. The first kappa shape index (κ1) is 28.9. The number of rotatable bonds is 14. The van der Waals surface area contributed by atoms with Crippen LogP contribution in [0.15, 0.2) is 0 Å². The number of hydrogen-bond donors (Lipinski definition) is 4. The molecule has 1 heterocycles. The number of methoxy groups -OCH3 is 1. The second-order valence-electron chi connectivity index (χ2n) is 8.76. The molecule has 0 aromatic heterocycles. The van der Waals surface area contributed by atoms with Crippen LogP contribution in [0.5, 0.6) is 0 Å². The predicted octanol–water partition coefficient (Wildman–Crippen LogP) is 1.81. The summed E-state index contributed by atoms with van der Waals surface area (Å²) in [5.74, 6) is 2.11. The number of carbonyl (C=O) groups excluding carboxylic acids is 2. The first-order chi connectivity index (χ1) is 14.6. The van der Waals surface area contributed by atoms with E-state index >= 15 is 0 Å². The fourth-order valence-electron chi connectivity index (χ4n) is 3.71. The second kappa shape index (κ2) is 14.2. The van der Waals surface area contributed by atoms with Crippen LogP contribution in [0.1, 0.15) is 40.5 Å². The first-order valence-electron chi connectivity index (χ1n) is 11.0. The monoisotopic (exact) mass is 494 g/mol. The van der Waals surface area contributed by atoms with E-state index in [4.69, 9.17) is 10.5 Å². The molecule has 1 fully saturated rings. The van der Waals surface area contributed by atoms with Crippen molar-refractivity contribution >= 4 is 48.0 Å². The normalized spacial score (nSPS) is 22.5. The van der Waals surface area contributed by atoms with Gasteiger partial charge in [-0.05, 0) is 38.2 Å². The molecular formula is C21H42N4O3S3. The van der Waals surface area contributed by atoms with E-state index < -0.39 is 12.0 Å². The van der Waals surface area contributed by atoms with Gasteiger partial charge in [-0.25, -0.2) is 4.79 Å². The highest BCUT2D eigenvalue weighted by atomic mass is 32.2. The van der Waals surface area contributed by atoms with E-state index in [2.05, 4.69) is 55.9 Å². The molecule has 31 heavy (non-hydrogen) atoms. The topological polar surface area (TPSA) is 96.7 Å². The largest absolute Gasteiger partial charge is 0.467 e. The Morgan fingerprint density at radius 1 is 1.42 bits per heavy atom. The van der Waals surface area contributed by atoms with Gasteiger partial charge in [-0.3, -0.25) is 9.69 Å². The zero-order valence-electron chi connectivity index (χ0n) is 19.8. The highest BCUT2D eigenvalue weighted by Gasteiger charge is 2.47. The third kappa shape index (κ3) is 8.97. The summed E-state index contributed by atoms with van der Waals surface area (Å²) in [6, 6.07) is -0.736. The first-order valence-corrected chi connectivity index (χ1v) is 14.0. The number of ether oxygens (including phenoxy) is 1. The van der Waals surface area contributed by atoms with E-state index in [0.29, 0.717) is 24.6 Å². The number of carbonyl (C=O) groups is 2. The molecule has 0 spiro atoms. The number of amides is 1. The smallest absolute Gasteiger partial charge is 0.328 e. The van der Waals surface area contributed by atoms with Gasteiger partial charge >= 0.3 is 5.97 Å². The van der Waals surface area contributed by atoms with Crippen LogP contribution in [0.3, 0.4) is 0 Å². The molecule has 0 aromatic carbocycles. The molecule has 182 valence electrons. The van der Waals surface area contributed by atoms with Gasteiger partial charge in [-0.2, -0.15) is 24.4 Å². The maximum Gasteiger partial charge on any atom is 0.328 e. The Morgan fingerprint density at radius 3 is 2.65 bits per heavy atom. The molecule has 1 amide bonds. The lowest BCUT2D eigenvalue weighted by molar-refractivity contribution is -0.145. The summed E-state index contributed by atoms with van der Waals surface area (Å²) >= 11 is 7.70. The van der Waals surface area contributed by atoms with Gasteiger partial charge in [0, 0.05) is 41.5 Å². The fourth-order valence-corrected chi connectivity index (χ4v) is 5.48. The van der Waals surface area contributed by atoms with Gasteiger partial charge < -0.3 is 21.1 Å². The molecule has 0 aromatic rings. The number of thioether (sulfide) groups is 2. The lowest BCUT2D eigenvalue weighted by Gasteiger charge is -2.35. The number of nitrogens with zero attached hydrogens (tertiary/aromatic N) is 1. The van der Waals surface area contributed by atoms with Crippen molar-refractivity contribution in [2.45, 2.75) is 69.5 Å². The van der Waals surface area contributed by atoms with Crippen molar-refractivity contribution in [1.82, 2.24) is 15.5 Å². The molecule has 1 aliphatic heterocycles. The summed E-state index contributed by atoms with van der Waals surface area (Å²) in [6.45, 7) is 10.0. The van der Waals surface area contributed by atoms with E-state index in [1.165, 1.54) is 7.11 Å². The van der Waals surface area contributed by atoms with E-state index in [0.717, 1.165) is 24.6 Å². The summed E-state index contributed by atoms with van der Waals surface area (Å²) in [6.07, 6.45) is 3.57. The molecule has 10 heteroatoms. The molecule has 0 saturated carbocycles. The van der Waals surface area contributed by atoms with Gasteiger partial charge in [0.2, 0.25) is 5.91 Å². The van der Waals surface area contributed by atoms with E-state index in [9.17, 15) is 9.59 Å². The van der Waals surface area contributed by atoms with Crippen LogP contribution in [0, 0.1) is 5.92 Å². The Labute approximate surface area is 202 Å². The molecule has 0 bridgehead atoms. The molecule has 1 aliphatic rings. The number of nitrogens with one attached hydrogen (secondary N) is 2. The van der Waals surface area contributed by atoms with Gasteiger partial charge in [0.25, 0.3) is 0 Å². The van der Waals surface area contributed by atoms with Crippen LogP contribution in [0.4, 0.5) is 0 Å². The molecule has 0 aliphatic carbocycles. The number of esters is 1. The lowest BCUT2D eigenvalue weighted by Crippen LogP contribution is -2.58. The van der Waals surface area contributed by atoms with Crippen molar-refractivity contribution in [2.24, 2.45) is 11.7 Å². The highest BCUT2D eigenvalue weighted by Crippen LogP contribution is 2.39. The second-order valence-corrected chi connectivity index (χ2v) is 11.7. The number of hydrogen-bond acceptors (Lipinski definition) is 9. The Kier molecular flexibility index (Phi) is 13.2. The third-order valence-corrected chi connectivity index (χ3v) is 8.47. The van der Waals surface area contributed by atoms with Crippen LogP contribution in [-0.2, 0) is 14.3 Å². The Morgan fingerprint density at radius 2 is 2.10 bits per heavy atom. The van der Waals surface area contributed by atoms with Gasteiger partial charge in [0.05, 0.1) is 7.11 Å². The van der Waals surface area contributed by atoms with Crippen molar-refractivity contribution in [3.8, 4) is 0 Å². The quantitative estimate of drug-likeness (QED) is 0.214. The minimum absolute atomic E-state index is 0.00405. The van der Waals surface area contributed by atoms with Crippen molar-refractivity contribution < 1.29 is 14.3 Å². The summed E-state index contributed by atoms with van der Waals surface area (Å²) < 4.78 is 4.66. The predicted molar refractivity (Wildman–Crippen MR) is 137 cm³/mol. The molecule has 1 saturated heterocycles. The van der Waals surface area contributed by atoms with Crippen LogP contribution in [0.2, 0.25) is 0 Å². The van der Waals surface area contributed by atoms with Crippen molar-refractivity contribution in [3.05, 3.63) is 0 Å². The third-order valence-electron chi connectivity index (χ3n) is 5.93.